The molecule has 4 atom stereocenters. The summed E-state index contributed by atoms with van der Waals surface area (Å²) in [5.74, 6) is -2.28. The van der Waals surface area contributed by atoms with Crippen LogP contribution in [0.2, 0.25) is 0 Å². The van der Waals surface area contributed by atoms with Crippen molar-refractivity contribution in [1.29, 1.82) is 0 Å². The van der Waals surface area contributed by atoms with Crippen LogP contribution in [0.5, 0.6) is 0 Å². The van der Waals surface area contributed by atoms with Gasteiger partial charge in [0.15, 0.2) is 0 Å². The summed E-state index contributed by atoms with van der Waals surface area (Å²) in [6.45, 7) is 10.1. The standard InChI is InChI=1S/C27H34F2N2O2/c1-17(2)30-15-23(22-11-10-21(28)12-25(22)29)24(16-30)26(32)31-13-18(3)27(33,19(4)14-31)20-8-6-5-7-9-20/h5-12,17-19,23-24,33H,13-16H2,1-4H3/t18?,19?,23-,24+,27?/m0/s1. The zero-order chi connectivity index (χ0) is 23.9. The Morgan fingerprint density at radius 1 is 1.00 bits per heavy atom. The van der Waals surface area contributed by atoms with Crippen LogP contribution < -0.4 is 0 Å². The first-order valence-corrected chi connectivity index (χ1v) is 11.9. The van der Waals surface area contributed by atoms with Crippen molar-refractivity contribution in [3.8, 4) is 0 Å². The summed E-state index contributed by atoms with van der Waals surface area (Å²) in [6.07, 6.45) is 0. The largest absolute Gasteiger partial charge is 0.384 e. The SMILES string of the molecule is CC(C)N1C[C@@H](C(=O)N2CC(C)C(O)(c3ccccc3)C(C)C2)[C@H](c2ccc(F)cc2F)C1. The molecule has 2 heterocycles. The first-order chi connectivity index (χ1) is 15.6. The Labute approximate surface area is 195 Å². The van der Waals surface area contributed by atoms with Crippen molar-refractivity contribution < 1.29 is 18.7 Å². The molecule has 0 bridgehead atoms. The fourth-order valence-corrected chi connectivity index (χ4v) is 5.81. The highest BCUT2D eigenvalue weighted by Gasteiger charge is 2.49. The first kappa shape index (κ1) is 23.8. The van der Waals surface area contributed by atoms with Crippen LogP contribution in [0.3, 0.4) is 0 Å². The average molecular weight is 457 g/mol. The average Bonchev–Trinajstić information content (AvgIpc) is 3.22. The number of carbonyl (C=O) groups is 1. The van der Waals surface area contributed by atoms with Crippen molar-refractivity contribution in [3.63, 3.8) is 0 Å². The number of aliphatic hydroxyl groups is 1. The van der Waals surface area contributed by atoms with Crippen molar-refractivity contribution in [2.45, 2.75) is 45.3 Å². The van der Waals surface area contributed by atoms with Gasteiger partial charge in [0.25, 0.3) is 0 Å². The molecule has 0 aliphatic carbocycles. The van der Waals surface area contributed by atoms with E-state index in [0.717, 1.165) is 11.6 Å². The topological polar surface area (TPSA) is 43.8 Å². The van der Waals surface area contributed by atoms with E-state index in [-0.39, 0.29) is 29.7 Å². The van der Waals surface area contributed by atoms with Crippen molar-refractivity contribution in [3.05, 3.63) is 71.3 Å². The van der Waals surface area contributed by atoms with E-state index in [1.807, 2.05) is 49.1 Å². The number of hydrogen-bond donors (Lipinski definition) is 1. The van der Waals surface area contributed by atoms with Gasteiger partial charge in [-0.15, -0.1) is 0 Å². The minimum Gasteiger partial charge on any atom is -0.384 e. The summed E-state index contributed by atoms with van der Waals surface area (Å²) in [4.78, 5) is 17.8. The third-order valence-electron chi connectivity index (χ3n) is 7.80. The van der Waals surface area contributed by atoms with Gasteiger partial charge >= 0.3 is 0 Å². The molecule has 2 unspecified atom stereocenters. The fraction of sp³-hybridized carbons (Fsp3) is 0.519. The number of likely N-dealkylation sites (tertiary alicyclic amines) is 2. The van der Waals surface area contributed by atoms with E-state index >= 15 is 0 Å². The molecular weight excluding hydrogens is 422 g/mol. The number of halogens is 2. The van der Waals surface area contributed by atoms with Gasteiger partial charge in [0, 0.05) is 56.0 Å². The lowest BCUT2D eigenvalue weighted by atomic mass is 9.70. The van der Waals surface area contributed by atoms with Gasteiger partial charge in [-0.3, -0.25) is 9.69 Å². The normalized spacial score (nSPS) is 30.7. The van der Waals surface area contributed by atoms with Gasteiger partial charge in [0.2, 0.25) is 5.91 Å². The highest BCUT2D eigenvalue weighted by atomic mass is 19.1. The van der Waals surface area contributed by atoms with E-state index in [1.165, 1.54) is 12.1 Å². The van der Waals surface area contributed by atoms with Crippen LogP contribution in [-0.4, -0.2) is 53.0 Å². The molecule has 1 N–H and O–H groups in total. The summed E-state index contributed by atoms with van der Waals surface area (Å²) < 4.78 is 28.2. The number of rotatable bonds is 4. The maximum Gasteiger partial charge on any atom is 0.227 e. The molecule has 2 aromatic carbocycles. The van der Waals surface area contributed by atoms with Gasteiger partial charge in [0.05, 0.1) is 11.5 Å². The molecule has 0 aromatic heterocycles. The smallest absolute Gasteiger partial charge is 0.227 e. The molecule has 0 spiro atoms. The van der Waals surface area contributed by atoms with Crippen LogP contribution in [0.1, 0.15) is 44.7 Å². The Morgan fingerprint density at radius 3 is 2.21 bits per heavy atom. The van der Waals surface area contributed by atoms with Gasteiger partial charge < -0.3 is 10.0 Å². The maximum absolute atomic E-state index is 14.7. The fourth-order valence-electron chi connectivity index (χ4n) is 5.81. The molecule has 1 amide bonds. The van der Waals surface area contributed by atoms with Crippen LogP contribution in [0.15, 0.2) is 48.5 Å². The summed E-state index contributed by atoms with van der Waals surface area (Å²) in [5.41, 5.74) is 0.257. The zero-order valence-electron chi connectivity index (χ0n) is 19.8. The third-order valence-corrected chi connectivity index (χ3v) is 7.80. The summed E-state index contributed by atoms with van der Waals surface area (Å²) >= 11 is 0. The van der Waals surface area contributed by atoms with Gasteiger partial charge in [-0.1, -0.05) is 50.2 Å². The second-order valence-corrected chi connectivity index (χ2v) is 10.2. The minimum atomic E-state index is -1.01. The Kier molecular flexibility index (Phi) is 6.61. The Balaban J connectivity index is 1.59. The summed E-state index contributed by atoms with van der Waals surface area (Å²) in [6, 6.07) is 13.5. The number of benzene rings is 2. The highest BCUT2D eigenvalue weighted by Crippen LogP contribution is 2.43. The first-order valence-electron chi connectivity index (χ1n) is 11.9. The van der Waals surface area contributed by atoms with E-state index in [4.69, 9.17) is 0 Å². The molecule has 2 aliphatic rings. The maximum atomic E-state index is 14.7. The molecule has 2 saturated heterocycles. The number of amides is 1. The van der Waals surface area contributed by atoms with Crippen LogP contribution >= 0.6 is 0 Å². The molecule has 6 heteroatoms. The minimum absolute atomic E-state index is 0.0133. The van der Waals surface area contributed by atoms with E-state index < -0.39 is 23.2 Å². The van der Waals surface area contributed by atoms with Crippen molar-refractivity contribution in [2.24, 2.45) is 17.8 Å². The summed E-state index contributed by atoms with van der Waals surface area (Å²) in [7, 11) is 0. The number of carbonyl (C=O) groups excluding carboxylic acids is 1. The predicted molar refractivity (Wildman–Crippen MR) is 125 cm³/mol. The lowest BCUT2D eigenvalue weighted by Crippen LogP contribution is -2.57. The van der Waals surface area contributed by atoms with E-state index in [9.17, 15) is 18.7 Å². The molecule has 178 valence electrons. The molecular formula is C27H34F2N2O2. The van der Waals surface area contributed by atoms with Crippen molar-refractivity contribution in [1.82, 2.24) is 9.80 Å². The Hall–Kier alpha value is -2.31. The molecule has 4 nitrogen and oxygen atoms in total. The molecule has 0 radical (unpaired) electrons. The number of hydrogen-bond acceptors (Lipinski definition) is 3. The molecule has 2 fully saturated rings. The van der Waals surface area contributed by atoms with Crippen molar-refractivity contribution >= 4 is 5.91 Å². The van der Waals surface area contributed by atoms with Gasteiger partial charge in [-0.2, -0.15) is 0 Å². The Morgan fingerprint density at radius 2 is 1.64 bits per heavy atom. The zero-order valence-corrected chi connectivity index (χ0v) is 19.8. The van der Waals surface area contributed by atoms with Crippen LogP contribution in [0.25, 0.3) is 0 Å². The second-order valence-electron chi connectivity index (χ2n) is 10.2. The van der Waals surface area contributed by atoms with Crippen LogP contribution in [0.4, 0.5) is 8.78 Å². The van der Waals surface area contributed by atoms with E-state index in [2.05, 4.69) is 18.7 Å². The number of piperidine rings is 1. The molecule has 33 heavy (non-hydrogen) atoms. The molecule has 4 rings (SSSR count). The highest BCUT2D eigenvalue weighted by molar-refractivity contribution is 5.81. The predicted octanol–water partition coefficient (Wildman–Crippen LogP) is 4.39. The van der Waals surface area contributed by atoms with Crippen molar-refractivity contribution in [2.75, 3.05) is 26.2 Å². The molecule has 2 aromatic rings. The summed E-state index contributed by atoms with van der Waals surface area (Å²) in [5, 5.41) is 11.6. The monoisotopic (exact) mass is 456 g/mol. The van der Waals surface area contributed by atoms with E-state index in [1.54, 1.807) is 0 Å². The Bertz CT molecular complexity index is 985. The lowest BCUT2D eigenvalue weighted by molar-refractivity contribution is -0.152. The van der Waals surface area contributed by atoms with E-state index in [0.29, 0.717) is 31.7 Å². The van der Waals surface area contributed by atoms with Gasteiger partial charge in [0.1, 0.15) is 11.6 Å². The molecule has 2 aliphatic heterocycles. The molecule has 0 saturated carbocycles. The van der Waals surface area contributed by atoms with Crippen LogP contribution in [-0.2, 0) is 10.4 Å². The third kappa shape index (κ3) is 4.31. The van der Waals surface area contributed by atoms with Crippen LogP contribution in [0, 0.1) is 29.4 Å². The lowest BCUT2D eigenvalue weighted by Gasteiger charge is -2.48. The number of nitrogens with zero attached hydrogens (tertiary/aromatic N) is 2. The van der Waals surface area contributed by atoms with Gasteiger partial charge in [-0.25, -0.2) is 8.78 Å². The van der Waals surface area contributed by atoms with Gasteiger partial charge in [-0.05, 0) is 31.0 Å². The second kappa shape index (κ2) is 9.15. The quantitative estimate of drug-likeness (QED) is 0.742.